The lowest BCUT2D eigenvalue weighted by Crippen LogP contribution is -2.30. The predicted octanol–water partition coefficient (Wildman–Crippen LogP) is 3.03. The largest absolute Gasteiger partial charge is 0.468 e. The van der Waals surface area contributed by atoms with Gasteiger partial charge in [-0.15, -0.1) is 11.3 Å². The molecular formula is C13H17BrN2O3S2. The van der Waals surface area contributed by atoms with Crippen molar-refractivity contribution < 1.29 is 12.8 Å². The van der Waals surface area contributed by atoms with E-state index in [9.17, 15) is 8.42 Å². The zero-order valence-corrected chi connectivity index (χ0v) is 15.0. The Morgan fingerprint density at radius 2 is 2.24 bits per heavy atom. The number of hydrogen-bond acceptors (Lipinski definition) is 5. The SMILES string of the molecule is CCN(Cc1ccco1)S(=O)(=O)c1cc(CNC)sc1Br. The Morgan fingerprint density at radius 1 is 1.48 bits per heavy atom. The van der Waals surface area contributed by atoms with Crippen LogP contribution in [0.5, 0.6) is 0 Å². The van der Waals surface area contributed by atoms with Gasteiger partial charge in [-0.25, -0.2) is 8.42 Å². The van der Waals surface area contributed by atoms with Crippen LogP contribution in [-0.4, -0.2) is 26.3 Å². The lowest BCUT2D eigenvalue weighted by atomic mass is 10.4. The van der Waals surface area contributed by atoms with Crippen LogP contribution in [0.25, 0.3) is 0 Å². The van der Waals surface area contributed by atoms with Gasteiger partial charge in [0.25, 0.3) is 0 Å². The molecule has 116 valence electrons. The Morgan fingerprint density at radius 3 is 2.81 bits per heavy atom. The Balaban J connectivity index is 2.30. The van der Waals surface area contributed by atoms with Crippen LogP contribution in [-0.2, 0) is 23.1 Å². The predicted molar refractivity (Wildman–Crippen MR) is 86.8 cm³/mol. The summed E-state index contributed by atoms with van der Waals surface area (Å²) in [5.74, 6) is 0.627. The summed E-state index contributed by atoms with van der Waals surface area (Å²) in [6, 6.07) is 5.24. The van der Waals surface area contributed by atoms with Gasteiger partial charge in [0.1, 0.15) is 10.7 Å². The van der Waals surface area contributed by atoms with E-state index in [-0.39, 0.29) is 6.54 Å². The highest BCUT2D eigenvalue weighted by atomic mass is 79.9. The van der Waals surface area contributed by atoms with Crippen molar-refractivity contribution >= 4 is 37.3 Å². The van der Waals surface area contributed by atoms with Crippen LogP contribution in [0.2, 0.25) is 0 Å². The zero-order valence-electron chi connectivity index (χ0n) is 11.8. The average molecular weight is 393 g/mol. The minimum absolute atomic E-state index is 0.232. The Labute approximate surface area is 137 Å². The zero-order chi connectivity index (χ0) is 15.5. The summed E-state index contributed by atoms with van der Waals surface area (Å²) in [7, 11) is -1.72. The second-order valence-electron chi connectivity index (χ2n) is 4.39. The van der Waals surface area contributed by atoms with E-state index in [0.717, 1.165) is 4.88 Å². The molecule has 0 aliphatic heterocycles. The van der Waals surface area contributed by atoms with Gasteiger partial charge in [-0.1, -0.05) is 6.92 Å². The van der Waals surface area contributed by atoms with Gasteiger partial charge in [0.2, 0.25) is 10.0 Å². The molecule has 0 atom stereocenters. The highest BCUT2D eigenvalue weighted by molar-refractivity contribution is 9.11. The van der Waals surface area contributed by atoms with Crippen LogP contribution in [0.3, 0.4) is 0 Å². The van der Waals surface area contributed by atoms with Gasteiger partial charge >= 0.3 is 0 Å². The van der Waals surface area contributed by atoms with E-state index in [1.807, 2.05) is 14.0 Å². The number of sulfonamides is 1. The van der Waals surface area contributed by atoms with Crippen LogP contribution in [0.15, 0.2) is 37.6 Å². The van der Waals surface area contributed by atoms with Crippen molar-refractivity contribution in [1.82, 2.24) is 9.62 Å². The normalized spacial score (nSPS) is 12.2. The lowest BCUT2D eigenvalue weighted by molar-refractivity contribution is 0.375. The fourth-order valence-corrected chi connectivity index (χ4v) is 5.98. The van der Waals surface area contributed by atoms with Crippen molar-refractivity contribution in [2.24, 2.45) is 0 Å². The number of thiophene rings is 1. The summed E-state index contributed by atoms with van der Waals surface area (Å²) >= 11 is 4.79. The highest BCUT2D eigenvalue weighted by Crippen LogP contribution is 2.34. The lowest BCUT2D eigenvalue weighted by Gasteiger charge is -2.18. The first-order valence-electron chi connectivity index (χ1n) is 6.44. The molecule has 8 heteroatoms. The second-order valence-corrected chi connectivity index (χ2v) is 8.75. The summed E-state index contributed by atoms with van der Waals surface area (Å²) in [5.41, 5.74) is 0. The highest BCUT2D eigenvalue weighted by Gasteiger charge is 2.28. The van der Waals surface area contributed by atoms with E-state index in [2.05, 4.69) is 21.2 Å². The molecule has 2 aromatic rings. The minimum atomic E-state index is -3.55. The van der Waals surface area contributed by atoms with Crippen molar-refractivity contribution in [2.45, 2.75) is 24.9 Å². The molecule has 1 N–H and O–H groups in total. The molecule has 0 aromatic carbocycles. The third-order valence-electron chi connectivity index (χ3n) is 2.94. The molecule has 0 bridgehead atoms. The number of halogens is 1. The molecule has 0 fully saturated rings. The topological polar surface area (TPSA) is 62.6 Å². The fraction of sp³-hybridized carbons (Fsp3) is 0.385. The van der Waals surface area contributed by atoms with E-state index in [0.29, 0.717) is 27.5 Å². The summed E-state index contributed by atoms with van der Waals surface area (Å²) in [5, 5.41) is 3.02. The van der Waals surface area contributed by atoms with Crippen LogP contribution < -0.4 is 5.32 Å². The van der Waals surface area contributed by atoms with Gasteiger partial charge in [-0.05, 0) is 41.2 Å². The van der Waals surface area contributed by atoms with Gasteiger partial charge in [-0.3, -0.25) is 0 Å². The van der Waals surface area contributed by atoms with E-state index < -0.39 is 10.0 Å². The van der Waals surface area contributed by atoms with Crippen molar-refractivity contribution in [1.29, 1.82) is 0 Å². The molecule has 0 saturated heterocycles. The first-order chi connectivity index (χ1) is 9.98. The van der Waals surface area contributed by atoms with E-state index in [4.69, 9.17) is 4.42 Å². The fourth-order valence-electron chi connectivity index (χ4n) is 1.92. The molecule has 0 unspecified atom stereocenters. The minimum Gasteiger partial charge on any atom is -0.468 e. The van der Waals surface area contributed by atoms with Crippen LogP contribution in [0.4, 0.5) is 0 Å². The molecule has 0 spiro atoms. The number of nitrogens with zero attached hydrogens (tertiary/aromatic N) is 1. The maximum atomic E-state index is 12.8. The van der Waals surface area contributed by atoms with Gasteiger partial charge < -0.3 is 9.73 Å². The second kappa shape index (κ2) is 7.06. The van der Waals surface area contributed by atoms with Gasteiger partial charge in [0, 0.05) is 18.0 Å². The van der Waals surface area contributed by atoms with E-state index in [1.54, 1.807) is 24.5 Å². The van der Waals surface area contributed by atoms with E-state index in [1.165, 1.54) is 15.6 Å². The van der Waals surface area contributed by atoms with Crippen LogP contribution in [0.1, 0.15) is 17.6 Å². The Hall–Kier alpha value is -0.670. The first kappa shape index (κ1) is 16.7. The molecule has 5 nitrogen and oxygen atoms in total. The van der Waals surface area contributed by atoms with Crippen LogP contribution in [0, 0.1) is 0 Å². The van der Waals surface area contributed by atoms with Crippen molar-refractivity contribution in [2.75, 3.05) is 13.6 Å². The first-order valence-corrected chi connectivity index (χ1v) is 9.49. The standard InChI is InChI=1S/C13H17BrN2O3S2/c1-3-16(9-10-5-4-6-19-10)21(17,18)12-7-11(8-15-2)20-13(12)14/h4-7,15H,3,8-9H2,1-2H3. The number of furan rings is 1. The summed E-state index contributed by atoms with van der Waals surface area (Å²) < 4.78 is 32.8. The summed E-state index contributed by atoms with van der Waals surface area (Å²) in [6.45, 7) is 3.07. The molecule has 0 aliphatic rings. The third kappa shape index (κ3) is 3.75. The maximum absolute atomic E-state index is 12.8. The van der Waals surface area contributed by atoms with Gasteiger partial charge in [0.05, 0.1) is 16.6 Å². The summed E-state index contributed by atoms with van der Waals surface area (Å²) in [6.07, 6.45) is 1.54. The molecular weight excluding hydrogens is 376 g/mol. The monoisotopic (exact) mass is 392 g/mol. The number of hydrogen-bond donors (Lipinski definition) is 1. The molecule has 0 radical (unpaired) electrons. The Kier molecular flexibility index (Phi) is 5.61. The van der Waals surface area contributed by atoms with Crippen molar-refractivity contribution in [3.8, 4) is 0 Å². The summed E-state index contributed by atoms with van der Waals surface area (Å²) in [4.78, 5) is 1.28. The number of rotatable bonds is 7. The van der Waals surface area contributed by atoms with Crippen LogP contribution >= 0.6 is 27.3 Å². The van der Waals surface area contributed by atoms with E-state index >= 15 is 0 Å². The molecule has 2 aromatic heterocycles. The Bertz CT molecular complexity index is 680. The molecule has 2 heterocycles. The quantitative estimate of drug-likeness (QED) is 0.786. The molecule has 2 rings (SSSR count). The average Bonchev–Trinajstić information content (AvgIpc) is 3.06. The van der Waals surface area contributed by atoms with Gasteiger partial charge in [-0.2, -0.15) is 4.31 Å². The van der Waals surface area contributed by atoms with Gasteiger partial charge in [0.15, 0.2) is 0 Å². The molecule has 21 heavy (non-hydrogen) atoms. The number of nitrogens with one attached hydrogen (secondary N) is 1. The van der Waals surface area contributed by atoms with Crippen molar-refractivity contribution in [3.63, 3.8) is 0 Å². The molecule has 0 amide bonds. The molecule has 0 aliphatic carbocycles. The third-order valence-corrected chi connectivity index (χ3v) is 7.11. The van der Waals surface area contributed by atoms with Crippen molar-refractivity contribution in [3.05, 3.63) is 38.9 Å². The smallest absolute Gasteiger partial charge is 0.245 e. The molecule has 0 saturated carbocycles. The maximum Gasteiger partial charge on any atom is 0.245 e.